The number of hydrogen-bond donors (Lipinski definition) is 1. The van der Waals surface area contributed by atoms with Gasteiger partial charge in [-0.1, -0.05) is 18.2 Å². The molecule has 0 heterocycles. The van der Waals surface area contributed by atoms with E-state index in [0.717, 1.165) is 5.56 Å². The number of amides is 1. The van der Waals surface area contributed by atoms with E-state index in [2.05, 4.69) is 5.32 Å². The molecular weight excluding hydrogens is 343 g/mol. The average Bonchev–Trinajstić information content (AvgIpc) is 2.69. The molecule has 0 radical (unpaired) electrons. The molecule has 3 aromatic carbocycles. The molecule has 0 aromatic heterocycles. The SMILES string of the molecule is C[C@@H](Oc1cccc(C(=O)Nc2ccc(C#N)cc2)c1)c1ccc(F)cc1. The highest BCUT2D eigenvalue weighted by Crippen LogP contribution is 2.23. The van der Waals surface area contributed by atoms with Crippen molar-refractivity contribution in [2.45, 2.75) is 13.0 Å². The smallest absolute Gasteiger partial charge is 0.255 e. The Morgan fingerprint density at radius 3 is 2.44 bits per heavy atom. The summed E-state index contributed by atoms with van der Waals surface area (Å²) >= 11 is 0. The van der Waals surface area contributed by atoms with E-state index in [1.54, 1.807) is 60.7 Å². The molecule has 1 N–H and O–H groups in total. The largest absolute Gasteiger partial charge is 0.486 e. The van der Waals surface area contributed by atoms with Crippen LogP contribution in [-0.2, 0) is 0 Å². The number of halogens is 1. The number of hydrogen-bond acceptors (Lipinski definition) is 3. The van der Waals surface area contributed by atoms with Crippen molar-refractivity contribution in [1.82, 2.24) is 0 Å². The Balaban J connectivity index is 1.69. The lowest BCUT2D eigenvalue weighted by Crippen LogP contribution is -2.12. The Morgan fingerprint density at radius 2 is 1.78 bits per heavy atom. The summed E-state index contributed by atoms with van der Waals surface area (Å²) in [7, 11) is 0. The van der Waals surface area contributed by atoms with Crippen molar-refractivity contribution in [3.63, 3.8) is 0 Å². The Kier molecular flexibility index (Phi) is 5.48. The standard InChI is InChI=1S/C22H17FN2O2/c1-15(17-7-9-19(23)10-8-17)27-21-4-2-3-18(13-21)22(26)25-20-11-5-16(14-24)6-12-20/h2-13,15H,1H3,(H,25,26)/t15-/m1/s1. The van der Waals surface area contributed by atoms with Crippen molar-refractivity contribution in [1.29, 1.82) is 5.26 Å². The lowest BCUT2D eigenvalue weighted by Gasteiger charge is -2.16. The minimum Gasteiger partial charge on any atom is -0.486 e. The summed E-state index contributed by atoms with van der Waals surface area (Å²) in [6.45, 7) is 1.86. The van der Waals surface area contributed by atoms with Gasteiger partial charge in [-0.15, -0.1) is 0 Å². The molecule has 4 nitrogen and oxygen atoms in total. The fraction of sp³-hybridized carbons (Fsp3) is 0.0909. The molecule has 0 fully saturated rings. The molecule has 0 saturated heterocycles. The summed E-state index contributed by atoms with van der Waals surface area (Å²) in [5.41, 5.74) is 2.41. The normalized spacial score (nSPS) is 11.3. The van der Waals surface area contributed by atoms with Crippen LogP contribution in [0.4, 0.5) is 10.1 Å². The van der Waals surface area contributed by atoms with E-state index < -0.39 is 0 Å². The van der Waals surface area contributed by atoms with Gasteiger partial charge in [0.2, 0.25) is 0 Å². The van der Waals surface area contributed by atoms with Gasteiger partial charge in [0, 0.05) is 11.3 Å². The molecule has 134 valence electrons. The van der Waals surface area contributed by atoms with Crippen LogP contribution in [0.25, 0.3) is 0 Å². The molecule has 27 heavy (non-hydrogen) atoms. The fourth-order valence-electron chi connectivity index (χ4n) is 2.55. The second-order valence-corrected chi connectivity index (χ2v) is 5.98. The number of ether oxygens (including phenoxy) is 1. The first kappa shape index (κ1) is 18.2. The van der Waals surface area contributed by atoms with Gasteiger partial charge >= 0.3 is 0 Å². The van der Waals surface area contributed by atoms with Gasteiger partial charge in [-0.25, -0.2) is 4.39 Å². The zero-order chi connectivity index (χ0) is 19.2. The first-order chi connectivity index (χ1) is 13.0. The molecule has 0 bridgehead atoms. The highest BCUT2D eigenvalue weighted by Gasteiger charge is 2.11. The van der Waals surface area contributed by atoms with Gasteiger partial charge in [-0.3, -0.25) is 4.79 Å². The summed E-state index contributed by atoms with van der Waals surface area (Å²) in [6, 6.07) is 21.6. The van der Waals surface area contributed by atoms with Crippen LogP contribution >= 0.6 is 0 Å². The van der Waals surface area contributed by atoms with Gasteiger partial charge in [-0.05, 0) is 67.1 Å². The van der Waals surface area contributed by atoms with Gasteiger partial charge < -0.3 is 10.1 Å². The number of nitriles is 1. The van der Waals surface area contributed by atoms with Crippen molar-refractivity contribution >= 4 is 11.6 Å². The zero-order valence-electron chi connectivity index (χ0n) is 14.6. The minimum atomic E-state index is -0.299. The van der Waals surface area contributed by atoms with E-state index in [-0.39, 0.29) is 17.8 Å². The predicted molar refractivity (Wildman–Crippen MR) is 101 cm³/mol. The average molecular weight is 360 g/mol. The number of anilines is 1. The summed E-state index contributed by atoms with van der Waals surface area (Å²) in [5, 5.41) is 11.6. The summed E-state index contributed by atoms with van der Waals surface area (Å²) in [5.74, 6) is -0.0358. The number of nitrogens with zero attached hydrogens (tertiary/aromatic N) is 1. The van der Waals surface area contributed by atoms with Crippen molar-refractivity contribution in [3.8, 4) is 11.8 Å². The molecule has 0 unspecified atom stereocenters. The monoisotopic (exact) mass is 360 g/mol. The molecule has 1 atom stereocenters. The Morgan fingerprint density at radius 1 is 1.07 bits per heavy atom. The summed E-state index contributed by atoms with van der Waals surface area (Å²) in [4.78, 5) is 12.4. The molecule has 0 aliphatic heterocycles. The summed E-state index contributed by atoms with van der Waals surface area (Å²) < 4.78 is 18.9. The van der Waals surface area contributed by atoms with Crippen molar-refractivity contribution < 1.29 is 13.9 Å². The number of carbonyl (C=O) groups excluding carboxylic acids is 1. The number of nitrogens with one attached hydrogen (secondary N) is 1. The third-order valence-corrected chi connectivity index (χ3v) is 4.02. The Labute approximate surface area is 156 Å². The minimum absolute atomic E-state index is 0.278. The van der Waals surface area contributed by atoms with Crippen LogP contribution in [0.15, 0.2) is 72.8 Å². The fourth-order valence-corrected chi connectivity index (χ4v) is 2.55. The number of rotatable bonds is 5. The van der Waals surface area contributed by atoms with E-state index in [1.807, 2.05) is 13.0 Å². The predicted octanol–water partition coefficient (Wildman–Crippen LogP) is 5.09. The first-order valence-electron chi connectivity index (χ1n) is 8.39. The third-order valence-electron chi connectivity index (χ3n) is 4.02. The molecular formula is C22H17FN2O2. The van der Waals surface area contributed by atoms with Gasteiger partial charge in [-0.2, -0.15) is 5.26 Å². The van der Waals surface area contributed by atoms with E-state index in [1.165, 1.54) is 12.1 Å². The lowest BCUT2D eigenvalue weighted by molar-refractivity contribution is 0.102. The first-order valence-corrected chi connectivity index (χ1v) is 8.39. The number of carbonyl (C=O) groups is 1. The molecule has 3 aromatic rings. The highest BCUT2D eigenvalue weighted by atomic mass is 19.1. The van der Waals surface area contributed by atoms with E-state index in [4.69, 9.17) is 10.00 Å². The van der Waals surface area contributed by atoms with Crippen LogP contribution in [0.2, 0.25) is 0 Å². The summed E-state index contributed by atoms with van der Waals surface area (Å²) in [6.07, 6.45) is -0.289. The Hall–Kier alpha value is -3.65. The van der Waals surface area contributed by atoms with E-state index in [0.29, 0.717) is 22.6 Å². The van der Waals surface area contributed by atoms with Gasteiger partial charge in [0.05, 0.1) is 11.6 Å². The topological polar surface area (TPSA) is 62.1 Å². The van der Waals surface area contributed by atoms with Crippen molar-refractivity contribution in [2.75, 3.05) is 5.32 Å². The molecule has 0 spiro atoms. The van der Waals surface area contributed by atoms with Gasteiger partial charge in [0.25, 0.3) is 5.91 Å². The Bertz CT molecular complexity index is 976. The molecule has 1 amide bonds. The van der Waals surface area contributed by atoms with Crippen LogP contribution in [0.5, 0.6) is 5.75 Å². The molecule has 3 rings (SSSR count). The van der Waals surface area contributed by atoms with Crippen LogP contribution in [0, 0.1) is 17.1 Å². The van der Waals surface area contributed by atoms with Gasteiger partial charge in [0.1, 0.15) is 17.7 Å². The van der Waals surface area contributed by atoms with Crippen LogP contribution in [0.1, 0.15) is 34.5 Å². The van der Waals surface area contributed by atoms with Crippen molar-refractivity contribution in [3.05, 3.63) is 95.3 Å². The maximum Gasteiger partial charge on any atom is 0.255 e. The maximum absolute atomic E-state index is 13.0. The molecule has 0 aliphatic rings. The molecule has 5 heteroatoms. The number of benzene rings is 3. The second-order valence-electron chi connectivity index (χ2n) is 5.98. The van der Waals surface area contributed by atoms with E-state index >= 15 is 0 Å². The van der Waals surface area contributed by atoms with E-state index in [9.17, 15) is 9.18 Å². The quantitative estimate of drug-likeness (QED) is 0.689. The van der Waals surface area contributed by atoms with Crippen LogP contribution in [-0.4, -0.2) is 5.91 Å². The third kappa shape index (κ3) is 4.71. The van der Waals surface area contributed by atoms with Crippen LogP contribution in [0.3, 0.4) is 0 Å². The van der Waals surface area contributed by atoms with Crippen molar-refractivity contribution in [2.24, 2.45) is 0 Å². The molecule has 0 aliphatic carbocycles. The highest BCUT2D eigenvalue weighted by molar-refractivity contribution is 6.04. The van der Waals surface area contributed by atoms with Crippen LogP contribution < -0.4 is 10.1 Å². The maximum atomic E-state index is 13.0. The zero-order valence-corrected chi connectivity index (χ0v) is 14.6. The molecule has 0 saturated carbocycles. The van der Waals surface area contributed by atoms with Gasteiger partial charge in [0.15, 0.2) is 0 Å². The second kappa shape index (κ2) is 8.15. The lowest BCUT2D eigenvalue weighted by atomic mass is 10.1.